The molecular formula is C15H20O4. The quantitative estimate of drug-likeness (QED) is 0.579. The van der Waals surface area contributed by atoms with E-state index in [2.05, 4.69) is 13.0 Å². The van der Waals surface area contributed by atoms with E-state index in [4.69, 9.17) is 9.47 Å². The van der Waals surface area contributed by atoms with E-state index < -0.39 is 6.10 Å². The average molecular weight is 264 g/mol. The highest BCUT2D eigenvalue weighted by molar-refractivity contribution is 5.94. The van der Waals surface area contributed by atoms with Crippen LogP contribution >= 0.6 is 0 Å². The van der Waals surface area contributed by atoms with Gasteiger partial charge in [-0.3, -0.25) is 9.59 Å². The van der Waals surface area contributed by atoms with Crippen molar-refractivity contribution in [3.8, 4) is 0 Å². The highest BCUT2D eigenvalue weighted by Crippen LogP contribution is 2.31. The maximum absolute atomic E-state index is 12.0. The van der Waals surface area contributed by atoms with Crippen LogP contribution in [-0.2, 0) is 19.1 Å². The highest BCUT2D eigenvalue weighted by atomic mass is 16.6. The van der Waals surface area contributed by atoms with Gasteiger partial charge in [-0.1, -0.05) is 11.6 Å². The van der Waals surface area contributed by atoms with Crippen molar-refractivity contribution in [2.45, 2.75) is 45.3 Å². The molecule has 2 rings (SSSR count). The second kappa shape index (κ2) is 6.15. The zero-order chi connectivity index (χ0) is 13.8. The molecule has 104 valence electrons. The Hall–Kier alpha value is -1.42. The third-order valence-corrected chi connectivity index (χ3v) is 3.66. The van der Waals surface area contributed by atoms with Crippen LogP contribution < -0.4 is 0 Å². The van der Waals surface area contributed by atoms with Crippen molar-refractivity contribution < 1.29 is 19.1 Å². The summed E-state index contributed by atoms with van der Waals surface area (Å²) in [5.41, 5.74) is 1.23. The molecule has 1 aliphatic carbocycles. The van der Waals surface area contributed by atoms with Crippen LogP contribution in [-0.4, -0.2) is 30.6 Å². The maximum Gasteiger partial charge on any atom is 0.302 e. The topological polar surface area (TPSA) is 52.6 Å². The number of ketones is 1. The first-order chi connectivity index (χ1) is 9.08. The Balaban J connectivity index is 2.03. The second-order valence-corrected chi connectivity index (χ2v) is 5.14. The molecule has 1 heterocycles. The molecule has 0 bridgehead atoms. The van der Waals surface area contributed by atoms with E-state index in [1.807, 2.05) is 0 Å². The van der Waals surface area contributed by atoms with Gasteiger partial charge in [0.2, 0.25) is 0 Å². The summed E-state index contributed by atoms with van der Waals surface area (Å²) in [5.74, 6) is -0.163. The molecule has 4 heteroatoms. The van der Waals surface area contributed by atoms with Gasteiger partial charge in [-0.25, -0.2) is 0 Å². The largest absolute Gasteiger partial charge is 0.463 e. The minimum Gasteiger partial charge on any atom is -0.463 e. The van der Waals surface area contributed by atoms with Crippen molar-refractivity contribution in [2.24, 2.45) is 5.92 Å². The minimum absolute atomic E-state index is 0.0127. The third kappa shape index (κ3) is 3.53. The summed E-state index contributed by atoms with van der Waals surface area (Å²) in [7, 11) is 0. The lowest BCUT2D eigenvalue weighted by atomic mass is 9.82. The number of rotatable bonds is 3. The molecule has 0 N–H and O–H groups in total. The summed E-state index contributed by atoms with van der Waals surface area (Å²) in [6, 6.07) is 0. The highest BCUT2D eigenvalue weighted by Gasteiger charge is 2.34. The van der Waals surface area contributed by atoms with E-state index in [0.717, 1.165) is 19.3 Å². The molecule has 0 radical (unpaired) electrons. The van der Waals surface area contributed by atoms with E-state index in [-0.39, 0.29) is 30.4 Å². The molecule has 3 atom stereocenters. The van der Waals surface area contributed by atoms with Gasteiger partial charge in [-0.05, 0) is 38.3 Å². The summed E-state index contributed by atoms with van der Waals surface area (Å²) < 4.78 is 10.7. The van der Waals surface area contributed by atoms with Crippen LogP contribution in [0.25, 0.3) is 0 Å². The fraction of sp³-hybridized carbons (Fsp3) is 0.600. The lowest BCUT2D eigenvalue weighted by Crippen LogP contribution is -2.40. The molecule has 0 spiro atoms. The van der Waals surface area contributed by atoms with Crippen molar-refractivity contribution in [2.75, 3.05) is 6.61 Å². The molecule has 0 aromatic rings. The Kier molecular flexibility index (Phi) is 4.53. The second-order valence-electron chi connectivity index (χ2n) is 5.14. The SMILES string of the molecule is CC(=O)OCC1C=CC(=O)C(C2CCCC=C2C)O1. The normalized spacial score (nSPS) is 30.9. The zero-order valence-electron chi connectivity index (χ0n) is 11.4. The van der Waals surface area contributed by atoms with Crippen LogP contribution in [0.15, 0.2) is 23.8 Å². The van der Waals surface area contributed by atoms with Crippen LogP contribution in [0, 0.1) is 5.92 Å². The Morgan fingerprint density at radius 3 is 3.00 bits per heavy atom. The van der Waals surface area contributed by atoms with Gasteiger partial charge in [0.05, 0.1) is 0 Å². The van der Waals surface area contributed by atoms with Crippen LogP contribution in [0.2, 0.25) is 0 Å². The molecule has 0 aromatic carbocycles. The molecule has 0 fully saturated rings. The van der Waals surface area contributed by atoms with Crippen molar-refractivity contribution in [3.05, 3.63) is 23.8 Å². The number of esters is 1. The fourth-order valence-electron chi connectivity index (χ4n) is 2.62. The molecular weight excluding hydrogens is 244 g/mol. The van der Waals surface area contributed by atoms with E-state index >= 15 is 0 Å². The predicted molar refractivity (Wildman–Crippen MR) is 70.5 cm³/mol. The summed E-state index contributed by atoms with van der Waals surface area (Å²) in [6.07, 6.45) is 7.82. The first-order valence-corrected chi connectivity index (χ1v) is 6.75. The monoisotopic (exact) mass is 264 g/mol. The molecule has 0 saturated heterocycles. The summed E-state index contributed by atoms with van der Waals surface area (Å²) >= 11 is 0. The van der Waals surface area contributed by atoms with Crippen LogP contribution in [0.4, 0.5) is 0 Å². The minimum atomic E-state index is -0.429. The summed E-state index contributed by atoms with van der Waals surface area (Å²) in [6.45, 7) is 3.59. The van der Waals surface area contributed by atoms with Gasteiger partial charge in [0.15, 0.2) is 5.78 Å². The number of carbonyl (C=O) groups excluding carboxylic acids is 2. The third-order valence-electron chi connectivity index (χ3n) is 3.66. The maximum atomic E-state index is 12.0. The van der Waals surface area contributed by atoms with Crippen molar-refractivity contribution in [1.82, 2.24) is 0 Å². The molecule has 2 aliphatic rings. The molecule has 3 unspecified atom stereocenters. The number of hydrogen-bond acceptors (Lipinski definition) is 4. The Morgan fingerprint density at radius 2 is 2.32 bits per heavy atom. The van der Waals surface area contributed by atoms with Gasteiger partial charge >= 0.3 is 5.97 Å². The number of hydrogen-bond donors (Lipinski definition) is 0. The van der Waals surface area contributed by atoms with Crippen molar-refractivity contribution in [3.63, 3.8) is 0 Å². The first kappa shape index (κ1) is 14.0. The molecule has 0 amide bonds. The smallest absolute Gasteiger partial charge is 0.302 e. The Bertz CT molecular complexity index is 422. The molecule has 0 aromatic heterocycles. The number of ether oxygens (including phenoxy) is 2. The Morgan fingerprint density at radius 1 is 1.53 bits per heavy atom. The van der Waals surface area contributed by atoms with Crippen molar-refractivity contribution >= 4 is 11.8 Å². The number of carbonyl (C=O) groups is 2. The standard InChI is InChI=1S/C15H20O4/c1-10-5-3-4-6-13(10)15-14(17)8-7-12(19-15)9-18-11(2)16/h5,7-8,12-13,15H,3-4,6,9H2,1-2H3. The van der Waals surface area contributed by atoms with Crippen LogP contribution in [0.1, 0.15) is 33.1 Å². The predicted octanol–water partition coefficient (Wildman–Crippen LogP) is 2.19. The van der Waals surface area contributed by atoms with Gasteiger partial charge in [0.25, 0.3) is 0 Å². The van der Waals surface area contributed by atoms with Crippen molar-refractivity contribution in [1.29, 1.82) is 0 Å². The fourth-order valence-corrected chi connectivity index (χ4v) is 2.62. The average Bonchev–Trinajstić information content (AvgIpc) is 2.38. The molecule has 0 saturated carbocycles. The zero-order valence-corrected chi connectivity index (χ0v) is 11.4. The Labute approximate surface area is 113 Å². The van der Waals surface area contributed by atoms with E-state index in [1.165, 1.54) is 12.5 Å². The molecule has 1 aliphatic heterocycles. The summed E-state index contributed by atoms with van der Waals surface area (Å²) in [5, 5.41) is 0. The molecule has 19 heavy (non-hydrogen) atoms. The summed E-state index contributed by atoms with van der Waals surface area (Å²) in [4.78, 5) is 22.8. The van der Waals surface area contributed by atoms with Gasteiger partial charge in [-0.2, -0.15) is 0 Å². The van der Waals surface area contributed by atoms with Gasteiger partial charge in [0.1, 0.15) is 18.8 Å². The van der Waals surface area contributed by atoms with E-state index in [9.17, 15) is 9.59 Å². The van der Waals surface area contributed by atoms with Crippen LogP contribution in [0.5, 0.6) is 0 Å². The lowest BCUT2D eigenvalue weighted by molar-refractivity contribution is -0.149. The van der Waals surface area contributed by atoms with E-state index in [1.54, 1.807) is 12.2 Å². The number of allylic oxidation sites excluding steroid dienone is 1. The lowest BCUT2D eigenvalue weighted by Gasteiger charge is -2.33. The van der Waals surface area contributed by atoms with Gasteiger partial charge in [-0.15, -0.1) is 0 Å². The van der Waals surface area contributed by atoms with E-state index in [0.29, 0.717) is 0 Å². The van der Waals surface area contributed by atoms with Gasteiger partial charge in [0, 0.05) is 12.8 Å². The first-order valence-electron chi connectivity index (χ1n) is 6.75. The van der Waals surface area contributed by atoms with Gasteiger partial charge < -0.3 is 9.47 Å². The van der Waals surface area contributed by atoms with Crippen LogP contribution in [0.3, 0.4) is 0 Å². The molecule has 4 nitrogen and oxygen atoms in total.